The van der Waals surface area contributed by atoms with Gasteiger partial charge < -0.3 is 9.47 Å². The van der Waals surface area contributed by atoms with Crippen LogP contribution < -0.4 is 9.47 Å². The summed E-state index contributed by atoms with van der Waals surface area (Å²) in [5, 5.41) is 0. The Kier molecular flexibility index (Phi) is 3.06. The van der Waals surface area contributed by atoms with Gasteiger partial charge in [-0.05, 0) is 20.8 Å². The predicted molar refractivity (Wildman–Crippen MR) is 49.2 cm³/mol. The van der Waals surface area contributed by atoms with Crippen LogP contribution in [0.2, 0.25) is 0 Å². The van der Waals surface area contributed by atoms with E-state index in [1.807, 2.05) is 20.8 Å². The highest BCUT2D eigenvalue weighted by Gasteiger charge is 2.09. The summed E-state index contributed by atoms with van der Waals surface area (Å²) >= 11 is 0. The zero-order chi connectivity index (χ0) is 9.84. The van der Waals surface area contributed by atoms with Crippen molar-refractivity contribution in [1.29, 1.82) is 0 Å². The molecule has 0 aliphatic heterocycles. The van der Waals surface area contributed by atoms with E-state index in [0.29, 0.717) is 24.2 Å². The van der Waals surface area contributed by atoms with Crippen molar-refractivity contribution in [3.63, 3.8) is 0 Å². The van der Waals surface area contributed by atoms with Crippen molar-refractivity contribution < 1.29 is 9.47 Å². The van der Waals surface area contributed by atoms with Crippen molar-refractivity contribution in [2.24, 2.45) is 0 Å². The highest BCUT2D eigenvalue weighted by Crippen LogP contribution is 2.23. The van der Waals surface area contributed by atoms with Gasteiger partial charge in [-0.25, -0.2) is 0 Å². The number of aryl methyl sites for hydroxylation is 1. The third kappa shape index (κ3) is 2.08. The van der Waals surface area contributed by atoms with Crippen LogP contribution in [-0.2, 0) is 0 Å². The molecule has 1 aromatic heterocycles. The first kappa shape index (κ1) is 9.77. The molecule has 0 spiro atoms. The molecule has 0 N–H and O–H groups in total. The van der Waals surface area contributed by atoms with Gasteiger partial charge in [0.15, 0.2) is 0 Å². The summed E-state index contributed by atoms with van der Waals surface area (Å²) in [5.74, 6) is 1.84. The number of rotatable bonds is 3. The minimum absolute atomic E-state index is 0.580. The zero-order valence-electron chi connectivity index (χ0n) is 8.42. The van der Waals surface area contributed by atoms with Gasteiger partial charge in [0.05, 0.1) is 19.3 Å². The van der Waals surface area contributed by atoms with Gasteiger partial charge in [-0.2, -0.15) is 9.97 Å². The maximum absolute atomic E-state index is 5.33. The third-order valence-electron chi connectivity index (χ3n) is 1.64. The second-order valence-electron chi connectivity index (χ2n) is 2.64. The maximum Gasteiger partial charge on any atom is 0.223 e. The molecule has 1 aromatic rings. The molecular weight excluding hydrogens is 168 g/mol. The third-order valence-corrected chi connectivity index (χ3v) is 1.64. The second kappa shape index (κ2) is 4.07. The van der Waals surface area contributed by atoms with E-state index >= 15 is 0 Å². The Morgan fingerprint density at radius 2 is 1.77 bits per heavy atom. The Morgan fingerprint density at radius 1 is 1.15 bits per heavy atom. The highest BCUT2D eigenvalue weighted by molar-refractivity contribution is 5.33. The van der Waals surface area contributed by atoms with Gasteiger partial charge in [-0.15, -0.1) is 0 Å². The van der Waals surface area contributed by atoms with Gasteiger partial charge in [-0.3, -0.25) is 0 Å². The minimum atomic E-state index is 0.580. The zero-order valence-corrected chi connectivity index (χ0v) is 8.42. The molecule has 0 bridgehead atoms. The quantitative estimate of drug-likeness (QED) is 0.710. The number of nitrogens with zero attached hydrogens (tertiary/aromatic N) is 2. The van der Waals surface area contributed by atoms with Crippen molar-refractivity contribution in [3.8, 4) is 11.8 Å². The number of aromatic nitrogens is 2. The fourth-order valence-corrected chi connectivity index (χ4v) is 1.05. The molecule has 0 radical (unpaired) electrons. The molecule has 1 rings (SSSR count). The molecule has 1 heterocycles. The van der Waals surface area contributed by atoms with E-state index in [2.05, 4.69) is 9.97 Å². The highest BCUT2D eigenvalue weighted by atomic mass is 16.5. The van der Waals surface area contributed by atoms with Gasteiger partial charge >= 0.3 is 0 Å². The van der Waals surface area contributed by atoms with Gasteiger partial charge in [0.2, 0.25) is 11.8 Å². The molecule has 4 nitrogen and oxygen atoms in total. The molecule has 0 amide bonds. The lowest BCUT2D eigenvalue weighted by Crippen LogP contribution is -2.03. The summed E-state index contributed by atoms with van der Waals surface area (Å²) in [6.45, 7) is 6.21. The van der Waals surface area contributed by atoms with Gasteiger partial charge in [0.1, 0.15) is 5.82 Å². The van der Waals surface area contributed by atoms with Crippen LogP contribution in [0.4, 0.5) is 0 Å². The van der Waals surface area contributed by atoms with E-state index < -0.39 is 0 Å². The Morgan fingerprint density at radius 3 is 2.31 bits per heavy atom. The molecule has 0 saturated heterocycles. The topological polar surface area (TPSA) is 44.2 Å². The first-order valence-electron chi connectivity index (χ1n) is 4.21. The summed E-state index contributed by atoms with van der Waals surface area (Å²) in [6, 6.07) is 0. The van der Waals surface area contributed by atoms with Crippen LogP contribution in [0.5, 0.6) is 11.8 Å². The summed E-state index contributed by atoms with van der Waals surface area (Å²) in [6.07, 6.45) is 0. The van der Waals surface area contributed by atoms with Crippen LogP contribution in [0.3, 0.4) is 0 Å². The van der Waals surface area contributed by atoms with Crippen LogP contribution in [0.1, 0.15) is 18.3 Å². The molecule has 0 aliphatic carbocycles. The van der Waals surface area contributed by atoms with E-state index in [-0.39, 0.29) is 0 Å². The molecule has 0 unspecified atom stereocenters. The molecule has 13 heavy (non-hydrogen) atoms. The smallest absolute Gasteiger partial charge is 0.223 e. The largest absolute Gasteiger partial charge is 0.481 e. The molecule has 0 atom stereocenters. The van der Waals surface area contributed by atoms with Crippen LogP contribution in [0.25, 0.3) is 0 Å². The van der Waals surface area contributed by atoms with E-state index in [1.165, 1.54) is 0 Å². The monoisotopic (exact) mass is 182 g/mol. The average Bonchev–Trinajstić information content (AvgIpc) is 2.11. The number of hydrogen-bond donors (Lipinski definition) is 0. The number of hydrogen-bond acceptors (Lipinski definition) is 4. The lowest BCUT2D eigenvalue weighted by atomic mass is 10.3. The average molecular weight is 182 g/mol. The molecule has 0 fully saturated rings. The number of ether oxygens (including phenoxy) is 2. The SMILES string of the molecule is CCOc1nc(C)nc(OC)c1C. The van der Waals surface area contributed by atoms with Gasteiger partial charge in [0.25, 0.3) is 0 Å². The Hall–Kier alpha value is -1.32. The summed E-state index contributed by atoms with van der Waals surface area (Å²) in [4.78, 5) is 8.28. The molecule has 0 aromatic carbocycles. The Balaban J connectivity index is 3.11. The van der Waals surface area contributed by atoms with Crippen molar-refractivity contribution >= 4 is 0 Å². The first-order chi connectivity index (χ1) is 6.19. The molecule has 4 heteroatoms. The van der Waals surface area contributed by atoms with Crippen molar-refractivity contribution in [2.75, 3.05) is 13.7 Å². The van der Waals surface area contributed by atoms with Crippen LogP contribution in [0, 0.1) is 13.8 Å². The standard InChI is InChI=1S/C9H14N2O2/c1-5-13-9-6(2)8(12-4)10-7(3)11-9/h5H2,1-4H3. The molecule has 72 valence electrons. The Bertz CT molecular complexity index is 300. The second-order valence-corrected chi connectivity index (χ2v) is 2.64. The van der Waals surface area contributed by atoms with E-state index in [1.54, 1.807) is 7.11 Å². The van der Waals surface area contributed by atoms with Crippen molar-refractivity contribution in [2.45, 2.75) is 20.8 Å². The lowest BCUT2D eigenvalue weighted by molar-refractivity contribution is 0.314. The van der Waals surface area contributed by atoms with Crippen LogP contribution in [-0.4, -0.2) is 23.7 Å². The minimum Gasteiger partial charge on any atom is -0.481 e. The van der Waals surface area contributed by atoms with E-state index in [4.69, 9.17) is 9.47 Å². The van der Waals surface area contributed by atoms with Crippen LogP contribution in [0.15, 0.2) is 0 Å². The predicted octanol–water partition coefficient (Wildman–Crippen LogP) is 1.50. The van der Waals surface area contributed by atoms with Gasteiger partial charge in [0, 0.05) is 0 Å². The van der Waals surface area contributed by atoms with E-state index in [9.17, 15) is 0 Å². The first-order valence-corrected chi connectivity index (χ1v) is 4.21. The van der Waals surface area contributed by atoms with Gasteiger partial charge in [-0.1, -0.05) is 0 Å². The molecular formula is C9H14N2O2. The normalized spacial score (nSPS) is 9.85. The fourth-order valence-electron chi connectivity index (χ4n) is 1.05. The van der Waals surface area contributed by atoms with Crippen molar-refractivity contribution in [1.82, 2.24) is 9.97 Å². The van der Waals surface area contributed by atoms with E-state index in [0.717, 1.165) is 5.56 Å². The lowest BCUT2D eigenvalue weighted by Gasteiger charge is -2.09. The summed E-state index contributed by atoms with van der Waals surface area (Å²) in [7, 11) is 1.59. The molecule has 0 saturated carbocycles. The van der Waals surface area contributed by atoms with Crippen LogP contribution >= 0.6 is 0 Å². The Labute approximate surface area is 77.9 Å². The molecule has 0 aliphatic rings. The number of methoxy groups -OCH3 is 1. The maximum atomic E-state index is 5.33. The van der Waals surface area contributed by atoms with Crippen molar-refractivity contribution in [3.05, 3.63) is 11.4 Å². The summed E-state index contributed by atoms with van der Waals surface area (Å²) in [5.41, 5.74) is 0.843. The fraction of sp³-hybridized carbons (Fsp3) is 0.556. The summed E-state index contributed by atoms with van der Waals surface area (Å²) < 4.78 is 10.4.